The molecule has 1 unspecified atom stereocenters. The van der Waals surface area contributed by atoms with Crippen molar-refractivity contribution in [2.45, 2.75) is 31.6 Å². The summed E-state index contributed by atoms with van der Waals surface area (Å²) >= 11 is 1.51. The largest absolute Gasteiger partial charge is 0.481 e. The van der Waals surface area contributed by atoms with Gasteiger partial charge in [-0.15, -0.1) is 11.8 Å². The van der Waals surface area contributed by atoms with Crippen LogP contribution in [0.15, 0.2) is 47.4 Å². The van der Waals surface area contributed by atoms with E-state index < -0.39 is 11.9 Å². The molecule has 4 nitrogen and oxygen atoms in total. The van der Waals surface area contributed by atoms with E-state index in [9.17, 15) is 9.59 Å². The molecule has 2 aromatic carbocycles. The highest BCUT2D eigenvalue weighted by atomic mass is 32.2. The Morgan fingerprint density at radius 2 is 1.79 bits per heavy atom. The van der Waals surface area contributed by atoms with Crippen LogP contribution in [0.3, 0.4) is 0 Å². The van der Waals surface area contributed by atoms with Crippen LogP contribution >= 0.6 is 11.8 Å². The molecular formula is C19H21NO3S. The van der Waals surface area contributed by atoms with Gasteiger partial charge in [0, 0.05) is 10.6 Å². The van der Waals surface area contributed by atoms with Gasteiger partial charge in [0.1, 0.15) is 0 Å². The van der Waals surface area contributed by atoms with Crippen LogP contribution in [0.1, 0.15) is 29.5 Å². The Balaban J connectivity index is 1.91. The number of thioether (sulfide) groups is 1. The summed E-state index contributed by atoms with van der Waals surface area (Å²) < 4.78 is 0. The Kier molecular flexibility index (Phi) is 6.04. The van der Waals surface area contributed by atoms with Crippen LogP contribution in [0.2, 0.25) is 0 Å². The maximum atomic E-state index is 12.1. The normalized spacial score (nSPS) is 11.8. The van der Waals surface area contributed by atoms with E-state index >= 15 is 0 Å². The fourth-order valence-corrected chi connectivity index (χ4v) is 3.11. The molecule has 2 aromatic rings. The second kappa shape index (κ2) is 8.02. The Morgan fingerprint density at radius 3 is 2.38 bits per heavy atom. The minimum atomic E-state index is -0.864. The maximum Gasteiger partial charge on any atom is 0.310 e. The first-order valence-electron chi connectivity index (χ1n) is 7.69. The third-order valence-corrected chi connectivity index (χ3v) is 4.93. The Morgan fingerprint density at radius 1 is 1.12 bits per heavy atom. The predicted octanol–water partition coefficient (Wildman–Crippen LogP) is 4.22. The summed E-state index contributed by atoms with van der Waals surface area (Å²) in [5.41, 5.74) is 3.75. The van der Waals surface area contributed by atoms with E-state index in [1.54, 1.807) is 31.2 Å². The summed E-state index contributed by atoms with van der Waals surface area (Å²) in [6.07, 6.45) is 0. The second-order valence-corrected chi connectivity index (χ2v) is 6.80. The molecule has 1 atom stereocenters. The topological polar surface area (TPSA) is 66.4 Å². The lowest BCUT2D eigenvalue weighted by molar-refractivity contribution is -0.138. The maximum absolute atomic E-state index is 12.1. The quantitative estimate of drug-likeness (QED) is 0.771. The number of rotatable bonds is 6. The van der Waals surface area contributed by atoms with Crippen LogP contribution in [0.5, 0.6) is 0 Å². The Bertz CT molecular complexity index is 741. The lowest BCUT2D eigenvalue weighted by atomic mass is 10.0. The van der Waals surface area contributed by atoms with E-state index in [4.69, 9.17) is 5.11 Å². The van der Waals surface area contributed by atoms with Crippen molar-refractivity contribution >= 4 is 29.3 Å². The summed E-state index contributed by atoms with van der Waals surface area (Å²) in [7, 11) is 0. The molecule has 0 aliphatic rings. The number of carbonyl (C=O) groups is 2. The lowest BCUT2D eigenvalue weighted by Crippen LogP contribution is -2.14. The molecule has 0 bridgehead atoms. The van der Waals surface area contributed by atoms with Crippen molar-refractivity contribution in [3.8, 4) is 0 Å². The van der Waals surface area contributed by atoms with E-state index in [1.165, 1.54) is 22.9 Å². The molecule has 5 heteroatoms. The van der Waals surface area contributed by atoms with Gasteiger partial charge in [-0.3, -0.25) is 9.59 Å². The van der Waals surface area contributed by atoms with E-state index in [2.05, 4.69) is 11.4 Å². The van der Waals surface area contributed by atoms with Crippen LogP contribution in [0, 0.1) is 13.8 Å². The molecule has 0 saturated carbocycles. The first kappa shape index (κ1) is 18.1. The standard InChI is InChI=1S/C19H21NO3S/c1-12-4-9-17(13(2)10-12)24-11-18(21)20-16-7-5-15(6-8-16)14(3)19(22)23/h4-10,14H,11H2,1-3H3,(H,20,21)(H,22,23). The zero-order chi connectivity index (χ0) is 17.7. The number of aliphatic carboxylic acids is 1. The van der Waals surface area contributed by atoms with Gasteiger partial charge in [-0.05, 0) is 50.1 Å². The van der Waals surface area contributed by atoms with Crippen molar-refractivity contribution in [1.29, 1.82) is 0 Å². The summed E-state index contributed by atoms with van der Waals surface area (Å²) in [5, 5.41) is 11.8. The van der Waals surface area contributed by atoms with Gasteiger partial charge in [-0.2, -0.15) is 0 Å². The van der Waals surface area contributed by atoms with Gasteiger partial charge in [-0.25, -0.2) is 0 Å². The smallest absolute Gasteiger partial charge is 0.310 e. The van der Waals surface area contributed by atoms with Crippen molar-refractivity contribution in [1.82, 2.24) is 0 Å². The third-order valence-electron chi connectivity index (χ3n) is 3.75. The van der Waals surface area contributed by atoms with E-state index in [0.717, 1.165) is 4.90 Å². The van der Waals surface area contributed by atoms with Gasteiger partial charge in [0.05, 0.1) is 11.7 Å². The highest BCUT2D eigenvalue weighted by Crippen LogP contribution is 2.23. The highest BCUT2D eigenvalue weighted by molar-refractivity contribution is 8.00. The number of anilines is 1. The molecule has 126 valence electrons. The van der Waals surface area contributed by atoms with Crippen molar-refractivity contribution in [2.75, 3.05) is 11.1 Å². The van der Waals surface area contributed by atoms with Crippen molar-refractivity contribution in [3.05, 3.63) is 59.2 Å². The fraction of sp³-hybridized carbons (Fsp3) is 0.263. The second-order valence-electron chi connectivity index (χ2n) is 5.79. The summed E-state index contributed by atoms with van der Waals surface area (Å²) in [6, 6.07) is 13.1. The monoisotopic (exact) mass is 343 g/mol. The fourth-order valence-electron chi connectivity index (χ4n) is 2.30. The van der Waals surface area contributed by atoms with Crippen LogP contribution in [-0.2, 0) is 9.59 Å². The lowest BCUT2D eigenvalue weighted by Gasteiger charge is -2.10. The van der Waals surface area contributed by atoms with Crippen molar-refractivity contribution in [3.63, 3.8) is 0 Å². The van der Waals surface area contributed by atoms with Gasteiger partial charge in [0.2, 0.25) is 5.91 Å². The van der Waals surface area contributed by atoms with Gasteiger partial charge in [0.15, 0.2) is 0 Å². The molecular weight excluding hydrogens is 322 g/mol. The molecule has 0 aliphatic carbocycles. The predicted molar refractivity (Wildman–Crippen MR) is 97.8 cm³/mol. The summed E-state index contributed by atoms with van der Waals surface area (Å²) in [5.74, 6) is -1.18. The van der Waals surface area contributed by atoms with Crippen molar-refractivity contribution < 1.29 is 14.7 Å². The molecule has 0 spiro atoms. The molecule has 0 aliphatic heterocycles. The molecule has 24 heavy (non-hydrogen) atoms. The number of aryl methyl sites for hydroxylation is 2. The van der Waals surface area contributed by atoms with Crippen LogP contribution in [0.25, 0.3) is 0 Å². The number of hydrogen-bond acceptors (Lipinski definition) is 3. The Labute approximate surface area is 146 Å². The number of carboxylic acid groups (broad SMARTS) is 1. The Hall–Kier alpha value is -2.27. The molecule has 0 saturated heterocycles. The number of nitrogens with one attached hydrogen (secondary N) is 1. The third kappa shape index (κ3) is 4.86. The number of amides is 1. The minimum absolute atomic E-state index is 0.0843. The molecule has 0 radical (unpaired) electrons. The van der Waals surface area contributed by atoms with Gasteiger partial charge < -0.3 is 10.4 Å². The SMILES string of the molecule is Cc1ccc(SCC(=O)Nc2ccc(C(C)C(=O)O)cc2)c(C)c1. The molecule has 2 rings (SSSR count). The van der Waals surface area contributed by atoms with Gasteiger partial charge in [0.25, 0.3) is 0 Å². The van der Waals surface area contributed by atoms with Gasteiger partial charge >= 0.3 is 5.97 Å². The van der Waals surface area contributed by atoms with E-state index in [0.29, 0.717) is 17.0 Å². The number of hydrogen-bond donors (Lipinski definition) is 2. The summed E-state index contributed by atoms with van der Waals surface area (Å²) in [4.78, 5) is 24.1. The molecule has 2 N–H and O–H groups in total. The first-order chi connectivity index (χ1) is 11.4. The van der Waals surface area contributed by atoms with Crippen LogP contribution in [-0.4, -0.2) is 22.7 Å². The van der Waals surface area contributed by atoms with E-state index in [-0.39, 0.29) is 5.91 Å². The molecule has 0 aromatic heterocycles. The number of benzene rings is 2. The number of carbonyl (C=O) groups excluding carboxylic acids is 1. The molecule has 0 heterocycles. The summed E-state index contributed by atoms with van der Waals surface area (Å²) in [6.45, 7) is 5.72. The van der Waals surface area contributed by atoms with Crippen molar-refractivity contribution in [2.24, 2.45) is 0 Å². The average molecular weight is 343 g/mol. The zero-order valence-corrected chi connectivity index (χ0v) is 14.8. The van der Waals surface area contributed by atoms with Crippen LogP contribution < -0.4 is 5.32 Å². The molecule has 0 fully saturated rings. The first-order valence-corrected chi connectivity index (χ1v) is 8.68. The van der Waals surface area contributed by atoms with Gasteiger partial charge in [-0.1, -0.05) is 29.8 Å². The number of carboxylic acids is 1. The van der Waals surface area contributed by atoms with E-state index in [1.807, 2.05) is 26.0 Å². The zero-order valence-electron chi connectivity index (χ0n) is 14.0. The highest BCUT2D eigenvalue weighted by Gasteiger charge is 2.13. The average Bonchev–Trinajstić information content (AvgIpc) is 2.54. The minimum Gasteiger partial charge on any atom is -0.481 e. The molecule has 1 amide bonds. The van der Waals surface area contributed by atoms with Crippen LogP contribution in [0.4, 0.5) is 5.69 Å².